The molecule has 0 saturated heterocycles. The number of rotatable bonds is 2. The van der Waals surface area contributed by atoms with Gasteiger partial charge in [0.1, 0.15) is 5.60 Å². The largest absolute Gasteiger partial charge is 0.490 e. The van der Waals surface area contributed by atoms with Crippen molar-refractivity contribution in [1.82, 2.24) is 0 Å². The minimum absolute atomic E-state index is 0.650. The predicted molar refractivity (Wildman–Crippen MR) is 75.0 cm³/mol. The molecule has 3 rings (SSSR count). The van der Waals surface area contributed by atoms with Crippen molar-refractivity contribution in [3.05, 3.63) is 46.2 Å². The van der Waals surface area contributed by atoms with Gasteiger partial charge >= 0.3 is 0 Å². The first kappa shape index (κ1) is 12.5. The molecule has 1 aliphatic heterocycles. The molecule has 0 amide bonds. The van der Waals surface area contributed by atoms with Gasteiger partial charge in [-0.3, -0.25) is 0 Å². The molecule has 2 heterocycles. The number of hydrogen-bond acceptors (Lipinski definition) is 4. The molecule has 1 unspecified atom stereocenters. The Bertz CT molecular complexity index is 561. The van der Waals surface area contributed by atoms with Crippen molar-refractivity contribution in [2.45, 2.75) is 18.9 Å². The van der Waals surface area contributed by atoms with E-state index >= 15 is 0 Å². The standard InChI is InChI=1S/C15H16O3S/c1-15(16,14-4-2-9-19-14)11-5-6-12-13(10-11)18-8-3-7-17-12/h2,4-6,9-10,16H,3,7-8H2,1H3. The van der Waals surface area contributed by atoms with Crippen LogP contribution in [0.3, 0.4) is 0 Å². The highest BCUT2D eigenvalue weighted by atomic mass is 32.1. The SMILES string of the molecule is CC(O)(c1ccc2c(c1)OCCCO2)c1cccs1. The van der Waals surface area contributed by atoms with Crippen LogP contribution in [0, 0.1) is 0 Å². The summed E-state index contributed by atoms with van der Waals surface area (Å²) < 4.78 is 11.3. The minimum atomic E-state index is -1.00. The van der Waals surface area contributed by atoms with Gasteiger partial charge in [-0.25, -0.2) is 0 Å². The Morgan fingerprint density at radius 2 is 1.95 bits per heavy atom. The van der Waals surface area contributed by atoms with Crippen LogP contribution in [0.2, 0.25) is 0 Å². The van der Waals surface area contributed by atoms with Crippen LogP contribution in [-0.4, -0.2) is 18.3 Å². The van der Waals surface area contributed by atoms with E-state index in [0.29, 0.717) is 19.0 Å². The Hall–Kier alpha value is -1.52. The van der Waals surface area contributed by atoms with E-state index in [-0.39, 0.29) is 0 Å². The molecule has 1 aromatic heterocycles. The highest BCUT2D eigenvalue weighted by Gasteiger charge is 2.28. The van der Waals surface area contributed by atoms with Gasteiger partial charge in [0.2, 0.25) is 0 Å². The van der Waals surface area contributed by atoms with E-state index in [1.807, 2.05) is 35.7 Å². The van der Waals surface area contributed by atoms with Crippen LogP contribution in [0.5, 0.6) is 11.5 Å². The Labute approximate surface area is 116 Å². The molecule has 100 valence electrons. The van der Waals surface area contributed by atoms with Gasteiger partial charge in [-0.05, 0) is 36.1 Å². The van der Waals surface area contributed by atoms with E-state index in [1.165, 1.54) is 0 Å². The molecule has 4 heteroatoms. The smallest absolute Gasteiger partial charge is 0.161 e. The van der Waals surface area contributed by atoms with Crippen molar-refractivity contribution in [2.24, 2.45) is 0 Å². The molecule has 0 radical (unpaired) electrons. The Morgan fingerprint density at radius 1 is 1.16 bits per heavy atom. The normalized spacial score (nSPS) is 17.6. The fourth-order valence-corrected chi connectivity index (χ4v) is 2.97. The maximum atomic E-state index is 10.7. The van der Waals surface area contributed by atoms with Crippen LogP contribution >= 0.6 is 11.3 Å². The molecule has 1 aromatic carbocycles. The zero-order chi connectivity index (χ0) is 13.3. The van der Waals surface area contributed by atoms with E-state index in [4.69, 9.17) is 9.47 Å². The van der Waals surface area contributed by atoms with Gasteiger partial charge in [0, 0.05) is 11.3 Å². The molecule has 19 heavy (non-hydrogen) atoms. The number of hydrogen-bond donors (Lipinski definition) is 1. The molecular weight excluding hydrogens is 260 g/mol. The summed E-state index contributed by atoms with van der Waals surface area (Å²) in [6, 6.07) is 9.52. The molecule has 2 aromatic rings. The van der Waals surface area contributed by atoms with E-state index in [0.717, 1.165) is 22.6 Å². The molecule has 0 aliphatic carbocycles. The second-order valence-electron chi connectivity index (χ2n) is 4.76. The van der Waals surface area contributed by atoms with Gasteiger partial charge in [0.25, 0.3) is 0 Å². The molecule has 1 aliphatic rings. The van der Waals surface area contributed by atoms with Gasteiger partial charge in [-0.2, -0.15) is 0 Å². The zero-order valence-electron chi connectivity index (χ0n) is 10.8. The number of fused-ring (bicyclic) bond motifs is 1. The third-order valence-electron chi connectivity index (χ3n) is 3.31. The lowest BCUT2D eigenvalue weighted by molar-refractivity contribution is 0.106. The van der Waals surface area contributed by atoms with E-state index in [1.54, 1.807) is 18.3 Å². The monoisotopic (exact) mass is 276 g/mol. The van der Waals surface area contributed by atoms with E-state index in [9.17, 15) is 5.11 Å². The summed E-state index contributed by atoms with van der Waals surface area (Å²) in [4.78, 5) is 0.919. The fourth-order valence-electron chi connectivity index (χ4n) is 2.16. The van der Waals surface area contributed by atoms with Crippen molar-refractivity contribution in [3.8, 4) is 11.5 Å². The van der Waals surface area contributed by atoms with Crippen molar-refractivity contribution in [1.29, 1.82) is 0 Å². The van der Waals surface area contributed by atoms with Crippen molar-refractivity contribution >= 4 is 11.3 Å². The highest BCUT2D eigenvalue weighted by Crippen LogP contribution is 2.38. The summed E-state index contributed by atoms with van der Waals surface area (Å²) in [6.45, 7) is 3.13. The minimum Gasteiger partial charge on any atom is -0.490 e. The van der Waals surface area contributed by atoms with Gasteiger partial charge in [0.15, 0.2) is 11.5 Å². The van der Waals surface area contributed by atoms with E-state index < -0.39 is 5.60 Å². The number of benzene rings is 1. The Kier molecular flexibility index (Phi) is 3.21. The Balaban J connectivity index is 2.00. The summed E-state index contributed by atoms with van der Waals surface area (Å²) in [7, 11) is 0. The second-order valence-corrected chi connectivity index (χ2v) is 5.71. The molecular formula is C15H16O3S. The number of ether oxygens (including phenoxy) is 2. The highest BCUT2D eigenvalue weighted by molar-refractivity contribution is 7.10. The number of thiophene rings is 1. The van der Waals surface area contributed by atoms with Gasteiger partial charge in [0.05, 0.1) is 13.2 Å². The summed E-state index contributed by atoms with van der Waals surface area (Å²) in [5, 5.41) is 12.7. The van der Waals surface area contributed by atoms with Gasteiger partial charge in [-0.1, -0.05) is 12.1 Å². The lowest BCUT2D eigenvalue weighted by atomic mass is 9.94. The predicted octanol–water partition coefficient (Wildman–Crippen LogP) is 3.17. The molecule has 1 atom stereocenters. The van der Waals surface area contributed by atoms with Crippen LogP contribution < -0.4 is 9.47 Å². The second kappa shape index (κ2) is 4.87. The fraction of sp³-hybridized carbons (Fsp3) is 0.333. The summed E-state index contributed by atoms with van der Waals surface area (Å²) in [5.41, 5.74) is -0.182. The molecule has 0 saturated carbocycles. The number of aliphatic hydroxyl groups is 1. The van der Waals surface area contributed by atoms with Crippen LogP contribution in [0.1, 0.15) is 23.8 Å². The van der Waals surface area contributed by atoms with Crippen LogP contribution in [-0.2, 0) is 5.60 Å². The van der Waals surface area contributed by atoms with Gasteiger partial charge in [-0.15, -0.1) is 11.3 Å². The third kappa shape index (κ3) is 2.33. The van der Waals surface area contributed by atoms with Crippen molar-refractivity contribution in [3.63, 3.8) is 0 Å². The molecule has 0 fully saturated rings. The molecule has 3 nitrogen and oxygen atoms in total. The average molecular weight is 276 g/mol. The maximum Gasteiger partial charge on any atom is 0.161 e. The van der Waals surface area contributed by atoms with Crippen LogP contribution in [0.25, 0.3) is 0 Å². The molecule has 0 spiro atoms. The topological polar surface area (TPSA) is 38.7 Å². The van der Waals surface area contributed by atoms with E-state index in [2.05, 4.69) is 0 Å². The molecule has 1 N–H and O–H groups in total. The molecule has 0 bridgehead atoms. The first-order valence-corrected chi connectivity index (χ1v) is 7.22. The summed E-state index contributed by atoms with van der Waals surface area (Å²) in [6.07, 6.45) is 0.880. The summed E-state index contributed by atoms with van der Waals surface area (Å²) >= 11 is 1.54. The van der Waals surface area contributed by atoms with Crippen molar-refractivity contribution in [2.75, 3.05) is 13.2 Å². The third-order valence-corrected chi connectivity index (χ3v) is 4.39. The van der Waals surface area contributed by atoms with Crippen LogP contribution in [0.15, 0.2) is 35.7 Å². The summed E-state index contributed by atoms with van der Waals surface area (Å²) in [5.74, 6) is 1.47. The maximum absolute atomic E-state index is 10.7. The quantitative estimate of drug-likeness (QED) is 0.915. The van der Waals surface area contributed by atoms with Gasteiger partial charge < -0.3 is 14.6 Å². The first-order valence-electron chi connectivity index (χ1n) is 6.34. The van der Waals surface area contributed by atoms with Crippen molar-refractivity contribution < 1.29 is 14.6 Å². The first-order chi connectivity index (χ1) is 9.18. The lowest BCUT2D eigenvalue weighted by Crippen LogP contribution is -2.21. The zero-order valence-corrected chi connectivity index (χ0v) is 11.6. The lowest BCUT2D eigenvalue weighted by Gasteiger charge is -2.23. The Morgan fingerprint density at radius 3 is 2.68 bits per heavy atom. The van der Waals surface area contributed by atoms with Crippen LogP contribution in [0.4, 0.5) is 0 Å². The average Bonchev–Trinajstić information content (AvgIpc) is 2.85.